The second-order valence-electron chi connectivity index (χ2n) is 12.0. The van der Waals surface area contributed by atoms with Gasteiger partial charge in [-0.2, -0.15) is 11.8 Å². The van der Waals surface area contributed by atoms with E-state index < -0.39 is 0 Å². The largest absolute Gasteiger partial charge is 0.379 e. The van der Waals surface area contributed by atoms with E-state index in [0.717, 1.165) is 56.3 Å². The molecule has 2 aliphatic heterocycles. The maximum Gasteiger partial charge on any atom is 0.315 e. The van der Waals surface area contributed by atoms with Gasteiger partial charge in [-0.15, -0.1) is 0 Å². The minimum atomic E-state index is -0.197. The van der Waals surface area contributed by atoms with Gasteiger partial charge in [0.15, 0.2) is 0 Å². The number of ketones is 1. The van der Waals surface area contributed by atoms with Crippen LogP contribution in [0.3, 0.4) is 0 Å². The second-order valence-corrected chi connectivity index (χ2v) is 13.3. The molecule has 2 aliphatic rings. The summed E-state index contributed by atoms with van der Waals surface area (Å²) in [6.07, 6.45) is 7.53. The van der Waals surface area contributed by atoms with Gasteiger partial charge >= 0.3 is 6.03 Å². The molecule has 47 heavy (non-hydrogen) atoms. The maximum absolute atomic E-state index is 12.1. The van der Waals surface area contributed by atoms with Crippen LogP contribution in [0.5, 0.6) is 0 Å². The smallest absolute Gasteiger partial charge is 0.315 e. The number of benzene rings is 1. The van der Waals surface area contributed by atoms with Crippen molar-refractivity contribution < 1.29 is 33.4 Å². The van der Waals surface area contributed by atoms with Gasteiger partial charge in [-0.1, -0.05) is 25.0 Å². The molecule has 0 saturated carbocycles. The maximum atomic E-state index is 12.1. The van der Waals surface area contributed by atoms with E-state index in [1.807, 2.05) is 17.8 Å². The highest BCUT2D eigenvalue weighted by molar-refractivity contribution is 8.00. The molecule has 2 saturated heterocycles. The van der Waals surface area contributed by atoms with Crippen LogP contribution in [0.1, 0.15) is 83.1 Å². The first-order chi connectivity index (χ1) is 22.8. The van der Waals surface area contributed by atoms with Crippen LogP contribution in [0.2, 0.25) is 0 Å². The fourth-order valence-corrected chi connectivity index (χ4v) is 6.98. The molecule has 5 N–H and O–H groups in total. The number of urea groups is 1. The molecule has 3 unspecified atom stereocenters. The minimum absolute atomic E-state index is 0.0598. The van der Waals surface area contributed by atoms with Crippen molar-refractivity contribution in [2.75, 3.05) is 57.3 Å². The highest BCUT2D eigenvalue weighted by atomic mass is 32.2. The lowest BCUT2D eigenvalue weighted by Gasteiger charge is -2.16. The van der Waals surface area contributed by atoms with Crippen molar-refractivity contribution in [1.29, 1.82) is 5.41 Å². The van der Waals surface area contributed by atoms with E-state index in [2.05, 4.69) is 21.3 Å². The molecule has 0 aromatic heterocycles. The molecule has 1 aromatic carbocycles. The quantitative estimate of drug-likeness (QED) is 0.0553. The van der Waals surface area contributed by atoms with Gasteiger partial charge in [-0.25, -0.2) is 4.79 Å². The predicted octanol–water partition coefficient (Wildman–Crippen LogP) is 4.20. The zero-order valence-corrected chi connectivity index (χ0v) is 28.6. The molecular formula is C34H53N5O7S. The lowest BCUT2D eigenvalue weighted by atomic mass is 10.0. The molecule has 4 amide bonds. The molecule has 0 spiro atoms. The van der Waals surface area contributed by atoms with E-state index >= 15 is 0 Å². The number of Topliss-reactive ketones (excluding diaryl/α,β-unsaturated/α-hetero) is 1. The Bertz CT molecular complexity index is 1150. The Morgan fingerprint density at radius 3 is 2.34 bits per heavy atom. The van der Waals surface area contributed by atoms with Crippen LogP contribution >= 0.6 is 11.8 Å². The van der Waals surface area contributed by atoms with Gasteiger partial charge in [0.1, 0.15) is 5.78 Å². The van der Waals surface area contributed by atoms with Gasteiger partial charge in [0.2, 0.25) is 11.8 Å². The number of rotatable bonds is 26. The van der Waals surface area contributed by atoms with Crippen molar-refractivity contribution >= 4 is 46.8 Å². The van der Waals surface area contributed by atoms with Gasteiger partial charge in [0.05, 0.1) is 38.5 Å². The Balaban J connectivity index is 1.01. The van der Waals surface area contributed by atoms with E-state index in [1.165, 1.54) is 0 Å². The van der Waals surface area contributed by atoms with Crippen molar-refractivity contribution in [3.05, 3.63) is 29.8 Å². The third-order valence-corrected chi connectivity index (χ3v) is 9.58. The van der Waals surface area contributed by atoms with Crippen LogP contribution in [0.4, 0.5) is 10.5 Å². The number of anilines is 1. The highest BCUT2D eigenvalue weighted by Crippen LogP contribution is 2.33. The van der Waals surface area contributed by atoms with Crippen molar-refractivity contribution in [3.63, 3.8) is 0 Å². The molecule has 2 heterocycles. The van der Waals surface area contributed by atoms with Crippen LogP contribution in [0.25, 0.3) is 0 Å². The number of hydrogen-bond donors (Lipinski definition) is 5. The number of unbranched alkanes of at least 4 members (excludes halogenated alkanes) is 3. The fraction of sp³-hybridized carbons (Fsp3) is 0.676. The first-order valence-electron chi connectivity index (χ1n) is 17.0. The molecular weight excluding hydrogens is 622 g/mol. The summed E-state index contributed by atoms with van der Waals surface area (Å²) in [5.41, 5.74) is 1.82. The summed E-state index contributed by atoms with van der Waals surface area (Å²) in [6.45, 7) is 5.48. The average molecular weight is 676 g/mol. The lowest BCUT2D eigenvalue weighted by Crippen LogP contribution is -2.36. The van der Waals surface area contributed by atoms with Crippen LogP contribution in [0, 0.1) is 5.41 Å². The number of amides is 4. The molecule has 2 fully saturated rings. The number of carbonyl (C=O) groups is 4. The minimum Gasteiger partial charge on any atom is -0.379 e. The Hall–Kier alpha value is -3.00. The normalized spacial score (nSPS) is 18.3. The Morgan fingerprint density at radius 1 is 0.851 bits per heavy atom. The second kappa shape index (κ2) is 22.5. The standard InChI is InChI=1S/C34H53N5O7S/c1-25(35)26-9-7-10-27(23-26)37-32(42)15-14-28(40)11-3-2-6-17-44-19-21-46-22-20-45-18-8-16-36-31(41)13-5-4-12-30-33-29(24-47-30)38-34(43)39-33/h7,9-10,23,29-30,33,35H,2-6,8,11-22,24H2,1H3,(H,36,41)(H,37,42)(H2,38,39,43). The lowest BCUT2D eigenvalue weighted by molar-refractivity contribution is -0.123. The topological polar surface area (TPSA) is 168 Å². The van der Waals surface area contributed by atoms with Gasteiger partial charge in [0.25, 0.3) is 0 Å². The summed E-state index contributed by atoms with van der Waals surface area (Å²) >= 11 is 1.90. The summed E-state index contributed by atoms with van der Waals surface area (Å²) < 4.78 is 16.7. The summed E-state index contributed by atoms with van der Waals surface area (Å²) in [5.74, 6) is 0.926. The van der Waals surface area contributed by atoms with Crippen molar-refractivity contribution in [3.8, 4) is 0 Å². The number of thioether (sulfide) groups is 1. The zero-order chi connectivity index (χ0) is 33.7. The predicted molar refractivity (Wildman–Crippen MR) is 184 cm³/mol. The first kappa shape index (κ1) is 38.4. The van der Waals surface area contributed by atoms with Crippen LogP contribution in [-0.2, 0) is 28.6 Å². The van der Waals surface area contributed by atoms with Gasteiger partial charge in [0, 0.05) is 67.8 Å². The number of hydrogen-bond acceptors (Lipinski definition) is 9. The summed E-state index contributed by atoms with van der Waals surface area (Å²) in [4.78, 5) is 47.8. The fourth-order valence-electron chi connectivity index (χ4n) is 5.44. The monoisotopic (exact) mass is 675 g/mol. The zero-order valence-electron chi connectivity index (χ0n) is 27.7. The van der Waals surface area contributed by atoms with Crippen LogP contribution in [-0.4, -0.2) is 98.6 Å². The van der Waals surface area contributed by atoms with Crippen LogP contribution < -0.4 is 21.3 Å². The molecule has 3 atom stereocenters. The number of ether oxygens (including phenoxy) is 3. The third kappa shape index (κ3) is 16.1. The van der Waals surface area contributed by atoms with Gasteiger partial charge < -0.3 is 40.9 Å². The molecule has 12 nitrogen and oxygen atoms in total. The Labute approximate surface area is 283 Å². The van der Waals surface area contributed by atoms with Gasteiger partial charge in [-0.05, 0) is 56.7 Å². The molecule has 13 heteroatoms. The van der Waals surface area contributed by atoms with E-state index in [-0.39, 0.29) is 48.6 Å². The molecule has 262 valence electrons. The molecule has 3 rings (SSSR count). The Morgan fingerprint density at radius 2 is 1.57 bits per heavy atom. The highest BCUT2D eigenvalue weighted by Gasteiger charge is 2.42. The third-order valence-electron chi connectivity index (χ3n) is 8.07. The SMILES string of the molecule is CC(=N)c1cccc(NC(=O)CCC(=O)CCCCCOCCOCCOCCCNC(=O)CCCCC2SCC3NC(=O)NC32)c1. The van der Waals surface area contributed by atoms with Crippen molar-refractivity contribution in [2.45, 2.75) is 94.9 Å². The number of fused-ring (bicyclic) bond motifs is 1. The molecule has 0 bridgehead atoms. The number of carbonyl (C=O) groups excluding carboxylic acids is 4. The molecule has 1 aromatic rings. The van der Waals surface area contributed by atoms with E-state index in [0.29, 0.717) is 75.7 Å². The van der Waals surface area contributed by atoms with E-state index in [1.54, 1.807) is 25.1 Å². The average Bonchev–Trinajstić information content (AvgIpc) is 3.61. The first-order valence-corrected chi connectivity index (χ1v) is 18.0. The number of nitrogens with one attached hydrogen (secondary N) is 5. The van der Waals surface area contributed by atoms with Crippen molar-refractivity contribution in [1.82, 2.24) is 16.0 Å². The molecule has 0 aliphatic carbocycles. The molecule has 0 radical (unpaired) electrons. The van der Waals surface area contributed by atoms with Crippen LogP contribution in [0.15, 0.2) is 24.3 Å². The summed E-state index contributed by atoms with van der Waals surface area (Å²) in [5, 5.41) is 19.8. The van der Waals surface area contributed by atoms with E-state index in [4.69, 9.17) is 19.6 Å². The van der Waals surface area contributed by atoms with E-state index in [9.17, 15) is 19.2 Å². The summed E-state index contributed by atoms with van der Waals surface area (Å²) in [7, 11) is 0. The van der Waals surface area contributed by atoms with Gasteiger partial charge in [-0.3, -0.25) is 14.4 Å². The Kier molecular flexibility index (Phi) is 18.4. The van der Waals surface area contributed by atoms with Crippen molar-refractivity contribution in [2.24, 2.45) is 0 Å². The summed E-state index contributed by atoms with van der Waals surface area (Å²) in [6, 6.07) is 7.55.